The predicted molar refractivity (Wildman–Crippen MR) is 76.9 cm³/mol. The van der Waals surface area contributed by atoms with Crippen LogP contribution in [0.1, 0.15) is 31.9 Å². The Bertz CT molecular complexity index is 619. The Balaban J connectivity index is 2.57. The molecule has 0 saturated heterocycles. The predicted octanol–water partition coefficient (Wildman–Crippen LogP) is 3.14. The van der Waals surface area contributed by atoms with E-state index in [9.17, 15) is 9.90 Å². The summed E-state index contributed by atoms with van der Waals surface area (Å²) >= 11 is 0. The van der Waals surface area contributed by atoms with Gasteiger partial charge >= 0.3 is 5.97 Å². The normalized spacial score (nSPS) is 13.9. The molecule has 0 fully saturated rings. The largest absolute Gasteiger partial charge is 0.479 e. The summed E-state index contributed by atoms with van der Waals surface area (Å²) in [4.78, 5) is 11.2. The number of carbonyl (C=O) groups is 1. The van der Waals surface area contributed by atoms with Crippen molar-refractivity contribution in [3.8, 4) is 5.75 Å². The van der Waals surface area contributed by atoms with E-state index in [-0.39, 0.29) is 0 Å². The summed E-state index contributed by atoms with van der Waals surface area (Å²) < 4.78 is 5.67. The van der Waals surface area contributed by atoms with Crippen LogP contribution in [0.3, 0.4) is 0 Å². The van der Waals surface area contributed by atoms with Gasteiger partial charge in [-0.3, -0.25) is 0 Å². The zero-order valence-electron chi connectivity index (χ0n) is 11.5. The van der Waals surface area contributed by atoms with E-state index in [0.717, 1.165) is 10.8 Å². The second-order valence-corrected chi connectivity index (χ2v) is 4.73. The van der Waals surface area contributed by atoms with Gasteiger partial charge in [0.2, 0.25) is 0 Å². The third-order valence-corrected chi connectivity index (χ3v) is 3.27. The van der Waals surface area contributed by atoms with Crippen molar-refractivity contribution in [3.05, 3.63) is 42.0 Å². The van der Waals surface area contributed by atoms with Crippen LogP contribution >= 0.6 is 0 Å². The molecule has 106 valence electrons. The Hall–Kier alpha value is -2.07. The second-order valence-electron chi connectivity index (χ2n) is 4.73. The number of hydrogen-bond donors (Lipinski definition) is 2. The highest BCUT2D eigenvalue weighted by atomic mass is 16.5. The van der Waals surface area contributed by atoms with Crippen LogP contribution in [0, 0.1) is 0 Å². The van der Waals surface area contributed by atoms with E-state index in [1.165, 1.54) is 0 Å². The molecule has 4 heteroatoms. The molecule has 2 atom stereocenters. The summed E-state index contributed by atoms with van der Waals surface area (Å²) in [6.45, 7) is 3.39. The van der Waals surface area contributed by atoms with Crippen molar-refractivity contribution < 1.29 is 19.7 Å². The monoisotopic (exact) mass is 274 g/mol. The SMILES string of the molecule is CCC(Oc1c(C(C)O)ccc2ccccc12)C(=O)O. The Morgan fingerprint density at radius 1 is 1.25 bits per heavy atom. The Morgan fingerprint density at radius 2 is 1.95 bits per heavy atom. The lowest BCUT2D eigenvalue weighted by Gasteiger charge is -2.19. The Morgan fingerprint density at radius 3 is 2.55 bits per heavy atom. The fourth-order valence-corrected chi connectivity index (χ4v) is 2.17. The van der Waals surface area contributed by atoms with Gasteiger partial charge in [-0.05, 0) is 18.7 Å². The molecule has 0 aromatic heterocycles. The molecule has 4 nitrogen and oxygen atoms in total. The van der Waals surface area contributed by atoms with Crippen molar-refractivity contribution >= 4 is 16.7 Å². The molecule has 20 heavy (non-hydrogen) atoms. The van der Waals surface area contributed by atoms with Crippen molar-refractivity contribution in [1.82, 2.24) is 0 Å². The quantitative estimate of drug-likeness (QED) is 0.879. The van der Waals surface area contributed by atoms with Crippen LogP contribution in [-0.2, 0) is 4.79 Å². The maximum atomic E-state index is 11.2. The summed E-state index contributed by atoms with van der Waals surface area (Å²) in [6, 6.07) is 11.2. The lowest BCUT2D eigenvalue weighted by molar-refractivity contribution is -0.145. The number of rotatable bonds is 5. The zero-order valence-corrected chi connectivity index (χ0v) is 11.5. The van der Waals surface area contributed by atoms with Crippen LogP contribution in [0.25, 0.3) is 10.8 Å². The number of carboxylic acid groups (broad SMARTS) is 1. The van der Waals surface area contributed by atoms with E-state index in [2.05, 4.69) is 0 Å². The molecule has 2 aromatic carbocycles. The first-order valence-corrected chi connectivity index (χ1v) is 6.63. The first-order valence-electron chi connectivity index (χ1n) is 6.63. The van der Waals surface area contributed by atoms with Crippen LogP contribution < -0.4 is 4.74 Å². The van der Waals surface area contributed by atoms with Gasteiger partial charge in [-0.2, -0.15) is 0 Å². The molecule has 0 radical (unpaired) electrons. The van der Waals surface area contributed by atoms with Crippen molar-refractivity contribution in [2.24, 2.45) is 0 Å². The number of ether oxygens (including phenoxy) is 1. The van der Waals surface area contributed by atoms with Gasteiger partial charge in [-0.25, -0.2) is 4.79 Å². The van der Waals surface area contributed by atoms with Crippen molar-refractivity contribution in [3.63, 3.8) is 0 Å². The van der Waals surface area contributed by atoms with Gasteiger partial charge in [0, 0.05) is 10.9 Å². The van der Waals surface area contributed by atoms with E-state index < -0.39 is 18.2 Å². The molecule has 2 unspecified atom stereocenters. The van der Waals surface area contributed by atoms with Gasteiger partial charge in [0.1, 0.15) is 5.75 Å². The smallest absolute Gasteiger partial charge is 0.344 e. The van der Waals surface area contributed by atoms with E-state index in [0.29, 0.717) is 17.7 Å². The number of benzene rings is 2. The Labute approximate surface area is 117 Å². The molecule has 0 bridgehead atoms. The standard InChI is InChI=1S/C16H18O4/c1-3-14(16(18)19)20-15-12(10(2)17)9-8-11-6-4-5-7-13(11)15/h4-10,14,17H,3H2,1-2H3,(H,18,19). The van der Waals surface area contributed by atoms with Crippen molar-refractivity contribution in [2.45, 2.75) is 32.5 Å². The number of fused-ring (bicyclic) bond motifs is 1. The summed E-state index contributed by atoms with van der Waals surface area (Å²) in [7, 11) is 0. The minimum Gasteiger partial charge on any atom is -0.479 e. The van der Waals surface area contributed by atoms with Crippen LogP contribution in [0.4, 0.5) is 0 Å². The van der Waals surface area contributed by atoms with E-state index in [1.807, 2.05) is 30.3 Å². The van der Waals surface area contributed by atoms with Gasteiger partial charge in [0.15, 0.2) is 6.10 Å². The number of aliphatic hydroxyl groups excluding tert-OH is 1. The van der Waals surface area contributed by atoms with E-state index in [4.69, 9.17) is 9.84 Å². The molecular weight excluding hydrogens is 256 g/mol. The molecule has 2 N–H and O–H groups in total. The molecule has 0 heterocycles. The maximum Gasteiger partial charge on any atom is 0.344 e. The van der Waals surface area contributed by atoms with Crippen LogP contribution in [-0.4, -0.2) is 22.3 Å². The second kappa shape index (κ2) is 5.92. The summed E-state index contributed by atoms with van der Waals surface area (Å²) in [5.41, 5.74) is 0.600. The van der Waals surface area contributed by atoms with Gasteiger partial charge in [0.05, 0.1) is 6.10 Å². The molecule has 0 amide bonds. The molecule has 0 aliphatic heterocycles. The van der Waals surface area contributed by atoms with Gasteiger partial charge in [-0.1, -0.05) is 43.3 Å². The zero-order chi connectivity index (χ0) is 14.7. The van der Waals surface area contributed by atoms with Crippen LogP contribution in [0.5, 0.6) is 5.75 Å². The summed E-state index contributed by atoms with van der Waals surface area (Å²) in [5.74, 6) is -0.552. The Kier molecular flexibility index (Phi) is 4.25. The van der Waals surface area contributed by atoms with Gasteiger partial charge in [-0.15, -0.1) is 0 Å². The van der Waals surface area contributed by atoms with E-state index >= 15 is 0 Å². The average Bonchev–Trinajstić information content (AvgIpc) is 2.43. The molecular formula is C16H18O4. The minimum absolute atomic E-state index is 0.359. The third kappa shape index (κ3) is 2.75. The topological polar surface area (TPSA) is 66.8 Å². The maximum absolute atomic E-state index is 11.2. The molecule has 0 spiro atoms. The lowest BCUT2D eigenvalue weighted by atomic mass is 10.0. The lowest BCUT2D eigenvalue weighted by Crippen LogP contribution is -2.26. The number of hydrogen-bond acceptors (Lipinski definition) is 3. The van der Waals surface area contributed by atoms with Crippen LogP contribution in [0.2, 0.25) is 0 Å². The summed E-state index contributed by atoms with van der Waals surface area (Å²) in [6.07, 6.45) is -1.28. The van der Waals surface area contributed by atoms with Crippen molar-refractivity contribution in [2.75, 3.05) is 0 Å². The van der Waals surface area contributed by atoms with Gasteiger partial charge < -0.3 is 14.9 Å². The fraction of sp³-hybridized carbons (Fsp3) is 0.312. The average molecular weight is 274 g/mol. The molecule has 2 rings (SSSR count). The van der Waals surface area contributed by atoms with Gasteiger partial charge in [0.25, 0.3) is 0 Å². The molecule has 0 saturated carbocycles. The molecule has 2 aromatic rings. The highest BCUT2D eigenvalue weighted by Crippen LogP contribution is 2.34. The molecule has 0 aliphatic rings. The van der Waals surface area contributed by atoms with E-state index in [1.54, 1.807) is 19.9 Å². The number of carboxylic acids is 1. The fourth-order valence-electron chi connectivity index (χ4n) is 2.17. The first kappa shape index (κ1) is 14.3. The number of aliphatic carboxylic acids is 1. The minimum atomic E-state index is -1.00. The third-order valence-electron chi connectivity index (χ3n) is 3.27. The first-order chi connectivity index (χ1) is 9.54. The van der Waals surface area contributed by atoms with Crippen molar-refractivity contribution in [1.29, 1.82) is 0 Å². The number of aliphatic hydroxyl groups is 1. The highest BCUT2D eigenvalue weighted by molar-refractivity contribution is 5.90. The highest BCUT2D eigenvalue weighted by Gasteiger charge is 2.21. The summed E-state index contributed by atoms with van der Waals surface area (Å²) in [5, 5.41) is 20.8. The van der Waals surface area contributed by atoms with Crippen LogP contribution in [0.15, 0.2) is 36.4 Å². The molecule has 0 aliphatic carbocycles.